The number of nitrogens with one attached hydrogen (secondary N) is 1. The van der Waals surface area contributed by atoms with Crippen LogP contribution in [0.1, 0.15) is 22.9 Å². The zero-order valence-corrected chi connectivity index (χ0v) is 23.7. The summed E-state index contributed by atoms with van der Waals surface area (Å²) in [7, 11) is 1.69. The van der Waals surface area contributed by atoms with E-state index in [-0.39, 0.29) is 6.04 Å². The zero-order chi connectivity index (χ0) is 28.1. The van der Waals surface area contributed by atoms with Crippen molar-refractivity contribution in [3.05, 3.63) is 124 Å². The van der Waals surface area contributed by atoms with E-state index in [2.05, 4.69) is 22.3 Å². The van der Waals surface area contributed by atoms with Crippen LogP contribution in [0.15, 0.2) is 107 Å². The first-order valence-electron chi connectivity index (χ1n) is 13.1. The number of halogens is 2. The van der Waals surface area contributed by atoms with Crippen LogP contribution in [0.5, 0.6) is 5.75 Å². The molecule has 0 aliphatic carbocycles. The van der Waals surface area contributed by atoms with Gasteiger partial charge in [0.15, 0.2) is 17.5 Å². The first-order valence-corrected chi connectivity index (χ1v) is 13.8. The molecule has 0 unspecified atom stereocenters. The Morgan fingerprint density at radius 3 is 2.46 bits per heavy atom. The Balaban J connectivity index is 1.55. The molecule has 0 fully saturated rings. The van der Waals surface area contributed by atoms with E-state index >= 15 is 0 Å². The third kappa shape index (κ3) is 4.25. The number of amidine groups is 2. The van der Waals surface area contributed by atoms with Gasteiger partial charge in [-0.2, -0.15) is 5.10 Å². The Morgan fingerprint density at radius 2 is 1.66 bits per heavy atom. The van der Waals surface area contributed by atoms with Gasteiger partial charge in [-0.15, -0.1) is 0 Å². The number of methoxy groups -OCH3 is 1. The van der Waals surface area contributed by atoms with E-state index in [0.717, 1.165) is 45.5 Å². The second kappa shape index (κ2) is 10.1. The minimum Gasteiger partial charge on any atom is -0.496 e. The van der Waals surface area contributed by atoms with Crippen molar-refractivity contribution in [2.24, 2.45) is 9.98 Å². The molecule has 1 N–H and O–H groups in total. The quantitative estimate of drug-likeness (QED) is 0.233. The van der Waals surface area contributed by atoms with Gasteiger partial charge in [-0.1, -0.05) is 71.7 Å². The van der Waals surface area contributed by atoms with Crippen LogP contribution < -0.4 is 15.0 Å². The Bertz CT molecular complexity index is 1860. The summed E-state index contributed by atoms with van der Waals surface area (Å²) in [6, 6.07) is 31.2. The summed E-state index contributed by atoms with van der Waals surface area (Å²) in [5.41, 5.74) is 6.19. The number of nitrogens with zero attached hydrogens (tertiary/aromatic N) is 5. The first-order chi connectivity index (χ1) is 20.0. The molecule has 41 heavy (non-hydrogen) atoms. The van der Waals surface area contributed by atoms with Crippen molar-refractivity contribution in [2.75, 3.05) is 17.3 Å². The second-order valence-electron chi connectivity index (χ2n) is 9.72. The number of hydrogen-bond acceptors (Lipinski definition) is 5. The summed E-state index contributed by atoms with van der Waals surface area (Å²) in [4.78, 5) is 12.4. The second-order valence-corrected chi connectivity index (χ2v) is 10.6. The SMILES string of the molecule is COc1ccccc1[C@@H]1c2c(C)nn(-c3ccccc3)c2N=C2C(=Nc3ccc(Cl)cc3Cl)Nc3ccccc3N21. The predicted octanol–water partition coefficient (Wildman–Crippen LogP) is 8.29. The van der Waals surface area contributed by atoms with Gasteiger partial charge in [-0.3, -0.25) is 0 Å². The Labute approximate surface area is 247 Å². The maximum absolute atomic E-state index is 6.57. The van der Waals surface area contributed by atoms with Crippen LogP contribution in [-0.4, -0.2) is 28.6 Å². The number of aromatic nitrogens is 2. The summed E-state index contributed by atoms with van der Waals surface area (Å²) in [6.07, 6.45) is 0. The standard InChI is InChI=1S/C32H24Cl2N6O/c1-19-28-29(22-12-6-9-15-27(22)41-2)39-26-14-8-7-13-25(26)36-30(35-24-17-16-20(33)18-23(24)34)32(39)37-31(28)40(38-19)21-10-4-3-5-11-21/h3-18,29H,1-2H3,(H,35,36)/t29-/m1/s1. The third-order valence-electron chi connectivity index (χ3n) is 7.26. The normalized spacial score (nSPS) is 16.4. The Kier molecular flexibility index (Phi) is 6.26. The van der Waals surface area contributed by atoms with Crippen LogP contribution >= 0.6 is 23.2 Å². The average Bonchev–Trinajstić information content (AvgIpc) is 3.33. The number of ether oxygens (including phenoxy) is 1. The van der Waals surface area contributed by atoms with E-state index in [4.69, 9.17) is 43.0 Å². The zero-order valence-electron chi connectivity index (χ0n) is 22.2. The molecule has 2 aliphatic rings. The lowest BCUT2D eigenvalue weighted by Gasteiger charge is -2.42. The molecule has 0 bridgehead atoms. The van der Waals surface area contributed by atoms with Gasteiger partial charge in [-0.05, 0) is 55.5 Å². The number of rotatable bonds is 4. The minimum absolute atomic E-state index is 0.305. The predicted molar refractivity (Wildman–Crippen MR) is 166 cm³/mol. The maximum Gasteiger partial charge on any atom is 0.179 e. The summed E-state index contributed by atoms with van der Waals surface area (Å²) < 4.78 is 7.79. The van der Waals surface area contributed by atoms with Crippen LogP contribution in [-0.2, 0) is 0 Å². The highest BCUT2D eigenvalue weighted by Crippen LogP contribution is 2.49. The summed E-state index contributed by atoms with van der Waals surface area (Å²) in [5, 5.41) is 9.48. The molecule has 0 radical (unpaired) electrons. The fourth-order valence-corrected chi connectivity index (χ4v) is 5.91. The molecular weight excluding hydrogens is 555 g/mol. The highest BCUT2D eigenvalue weighted by atomic mass is 35.5. The molecule has 9 heteroatoms. The number of aryl methyl sites for hydroxylation is 1. The van der Waals surface area contributed by atoms with Crippen LogP contribution in [0.4, 0.5) is 22.9 Å². The van der Waals surface area contributed by atoms with E-state index in [1.54, 1.807) is 25.3 Å². The van der Waals surface area contributed by atoms with Gasteiger partial charge < -0.3 is 15.0 Å². The molecule has 202 valence electrons. The summed E-state index contributed by atoms with van der Waals surface area (Å²) >= 11 is 12.8. The lowest BCUT2D eigenvalue weighted by Crippen LogP contribution is -2.48. The van der Waals surface area contributed by atoms with Gasteiger partial charge >= 0.3 is 0 Å². The first kappa shape index (κ1) is 25.4. The molecule has 7 rings (SSSR count). The van der Waals surface area contributed by atoms with Gasteiger partial charge in [0.05, 0.1) is 46.6 Å². The largest absolute Gasteiger partial charge is 0.496 e. The third-order valence-corrected chi connectivity index (χ3v) is 7.80. The molecule has 0 amide bonds. The van der Waals surface area contributed by atoms with Crippen molar-refractivity contribution >= 4 is 57.8 Å². The van der Waals surface area contributed by atoms with E-state index in [1.165, 1.54) is 0 Å². The van der Waals surface area contributed by atoms with Crippen LogP contribution in [0, 0.1) is 6.92 Å². The average molecular weight is 579 g/mol. The molecule has 4 aromatic carbocycles. The number of hydrogen-bond donors (Lipinski definition) is 1. The lowest BCUT2D eigenvalue weighted by atomic mass is 9.92. The summed E-state index contributed by atoms with van der Waals surface area (Å²) in [5.74, 6) is 2.69. The number of para-hydroxylation sites is 4. The fourth-order valence-electron chi connectivity index (χ4n) is 5.46. The molecule has 0 spiro atoms. The van der Waals surface area contributed by atoms with Gasteiger partial charge in [0.2, 0.25) is 0 Å². The highest BCUT2D eigenvalue weighted by molar-refractivity contribution is 6.52. The van der Waals surface area contributed by atoms with Gasteiger partial charge in [0.25, 0.3) is 0 Å². The molecule has 0 saturated carbocycles. The molecule has 3 heterocycles. The number of benzene rings is 4. The van der Waals surface area contributed by atoms with Crippen molar-refractivity contribution in [1.82, 2.24) is 9.78 Å². The monoisotopic (exact) mass is 578 g/mol. The smallest absolute Gasteiger partial charge is 0.179 e. The van der Waals surface area contributed by atoms with Crippen LogP contribution in [0.3, 0.4) is 0 Å². The number of aliphatic imine (C=N–C) groups is 2. The van der Waals surface area contributed by atoms with E-state index < -0.39 is 0 Å². The van der Waals surface area contributed by atoms with Crippen molar-refractivity contribution in [1.29, 1.82) is 0 Å². The topological polar surface area (TPSA) is 67.0 Å². The Morgan fingerprint density at radius 1 is 0.902 bits per heavy atom. The van der Waals surface area contributed by atoms with Gasteiger partial charge in [0.1, 0.15) is 5.75 Å². The lowest BCUT2D eigenvalue weighted by molar-refractivity contribution is 0.407. The van der Waals surface area contributed by atoms with E-state index in [9.17, 15) is 0 Å². The molecular formula is C32H24Cl2N6O. The van der Waals surface area contributed by atoms with Gasteiger partial charge in [0, 0.05) is 16.1 Å². The van der Waals surface area contributed by atoms with E-state index in [0.29, 0.717) is 27.4 Å². The van der Waals surface area contributed by atoms with Crippen molar-refractivity contribution in [3.8, 4) is 11.4 Å². The maximum atomic E-state index is 6.57. The van der Waals surface area contributed by atoms with Gasteiger partial charge in [-0.25, -0.2) is 14.7 Å². The van der Waals surface area contributed by atoms with Crippen LogP contribution in [0.25, 0.3) is 5.69 Å². The molecule has 0 saturated heterocycles. The fraction of sp³-hybridized carbons (Fsp3) is 0.0938. The molecule has 1 aromatic heterocycles. The molecule has 1 atom stereocenters. The Hall–Kier alpha value is -4.59. The number of anilines is 2. The van der Waals surface area contributed by atoms with Crippen molar-refractivity contribution < 1.29 is 4.74 Å². The molecule has 7 nitrogen and oxygen atoms in total. The number of fused-ring (bicyclic) bond motifs is 4. The summed E-state index contributed by atoms with van der Waals surface area (Å²) in [6.45, 7) is 2.03. The molecule has 5 aromatic rings. The highest BCUT2D eigenvalue weighted by Gasteiger charge is 2.42. The van der Waals surface area contributed by atoms with Crippen molar-refractivity contribution in [2.45, 2.75) is 13.0 Å². The minimum atomic E-state index is -0.305. The van der Waals surface area contributed by atoms with E-state index in [1.807, 2.05) is 78.3 Å². The molecule has 2 aliphatic heterocycles. The van der Waals surface area contributed by atoms with Crippen molar-refractivity contribution in [3.63, 3.8) is 0 Å². The van der Waals surface area contributed by atoms with Crippen LogP contribution in [0.2, 0.25) is 10.0 Å².